The first-order chi connectivity index (χ1) is 3.41. The summed E-state index contributed by atoms with van der Waals surface area (Å²) in [6.45, 7) is -0.685. The van der Waals surface area contributed by atoms with E-state index in [0.717, 1.165) is 0 Å². The Kier molecular flexibility index (Phi) is 6.40. The normalized spacial score (nSPS) is 9.43. The second-order valence-corrected chi connectivity index (χ2v) is 2.22. The van der Waals surface area contributed by atoms with E-state index in [1.807, 2.05) is 0 Å². The lowest BCUT2D eigenvalue weighted by Gasteiger charge is -1.88. The van der Waals surface area contributed by atoms with Gasteiger partial charge in [-0.05, 0) is 0 Å². The summed E-state index contributed by atoms with van der Waals surface area (Å²) >= 11 is 1.30. The predicted octanol–water partition coefficient (Wildman–Crippen LogP) is 1.66. The molecule has 0 unspecified atom stereocenters. The standard InChI is InChI=1S/C4H8F2S/c5-1-3-7-4-2-6/h1-4H2. The number of thioether (sulfide) groups is 1. The summed E-state index contributed by atoms with van der Waals surface area (Å²) in [4.78, 5) is 0. The van der Waals surface area contributed by atoms with Crippen molar-refractivity contribution >= 4 is 11.8 Å². The van der Waals surface area contributed by atoms with E-state index in [9.17, 15) is 8.78 Å². The monoisotopic (exact) mass is 126 g/mol. The average Bonchev–Trinajstić information content (AvgIpc) is 1.69. The van der Waals surface area contributed by atoms with E-state index in [4.69, 9.17) is 0 Å². The first-order valence-electron chi connectivity index (χ1n) is 2.11. The average molecular weight is 126 g/mol. The zero-order valence-electron chi connectivity index (χ0n) is 3.99. The van der Waals surface area contributed by atoms with E-state index in [-0.39, 0.29) is 13.3 Å². The van der Waals surface area contributed by atoms with Gasteiger partial charge in [-0.1, -0.05) is 0 Å². The molecule has 0 aromatic carbocycles. The molecule has 0 aliphatic heterocycles. The van der Waals surface area contributed by atoms with E-state index >= 15 is 0 Å². The van der Waals surface area contributed by atoms with Gasteiger partial charge in [0.15, 0.2) is 0 Å². The highest BCUT2D eigenvalue weighted by atomic mass is 32.2. The molecule has 0 radical (unpaired) electrons. The highest BCUT2D eigenvalue weighted by Crippen LogP contribution is 1.97. The van der Waals surface area contributed by atoms with Crippen LogP contribution in [-0.4, -0.2) is 24.9 Å². The van der Waals surface area contributed by atoms with Crippen molar-refractivity contribution in [3.63, 3.8) is 0 Å². The molecule has 0 saturated heterocycles. The summed E-state index contributed by atoms with van der Waals surface area (Å²) in [6.07, 6.45) is 0. The van der Waals surface area contributed by atoms with Crippen molar-refractivity contribution in [1.29, 1.82) is 0 Å². The molecule has 0 aromatic rings. The van der Waals surface area contributed by atoms with Crippen LogP contribution in [0.3, 0.4) is 0 Å². The molecular weight excluding hydrogens is 118 g/mol. The molecule has 0 N–H and O–H groups in total. The second kappa shape index (κ2) is 6.21. The lowest BCUT2D eigenvalue weighted by atomic mass is 10.9. The molecular formula is C4H8F2S. The van der Waals surface area contributed by atoms with Gasteiger partial charge < -0.3 is 0 Å². The number of hydrogen-bond donors (Lipinski definition) is 0. The topological polar surface area (TPSA) is 0 Å². The van der Waals surface area contributed by atoms with E-state index in [0.29, 0.717) is 11.5 Å². The predicted molar refractivity (Wildman–Crippen MR) is 29.3 cm³/mol. The highest BCUT2D eigenvalue weighted by molar-refractivity contribution is 7.99. The Morgan fingerprint density at radius 1 is 1.00 bits per heavy atom. The summed E-state index contributed by atoms with van der Waals surface area (Å²) in [5, 5.41) is 0. The molecule has 0 aromatic heterocycles. The zero-order valence-corrected chi connectivity index (χ0v) is 4.81. The van der Waals surface area contributed by atoms with Crippen LogP contribution < -0.4 is 0 Å². The van der Waals surface area contributed by atoms with Crippen LogP contribution in [-0.2, 0) is 0 Å². The Morgan fingerprint density at radius 3 is 1.71 bits per heavy atom. The van der Waals surface area contributed by atoms with Crippen LogP contribution in [0.25, 0.3) is 0 Å². The van der Waals surface area contributed by atoms with Crippen LogP contribution in [0.5, 0.6) is 0 Å². The summed E-state index contributed by atoms with van der Waals surface area (Å²) in [5.74, 6) is 0.869. The molecule has 0 atom stereocenters. The first-order valence-corrected chi connectivity index (χ1v) is 3.27. The van der Waals surface area contributed by atoms with Crippen LogP contribution in [0.2, 0.25) is 0 Å². The molecule has 3 heteroatoms. The number of alkyl halides is 2. The third-order valence-corrected chi connectivity index (χ3v) is 1.33. The van der Waals surface area contributed by atoms with Crippen molar-refractivity contribution < 1.29 is 8.78 Å². The van der Waals surface area contributed by atoms with Gasteiger partial charge in [-0.15, -0.1) is 0 Å². The van der Waals surface area contributed by atoms with Gasteiger partial charge in [0.1, 0.15) is 0 Å². The van der Waals surface area contributed by atoms with Gasteiger partial charge in [0, 0.05) is 11.5 Å². The fourth-order valence-electron chi connectivity index (χ4n) is 0.211. The molecule has 0 bridgehead atoms. The summed E-state index contributed by atoms with van der Waals surface area (Å²) < 4.78 is 22.3. The highest BCUT2D eigenvalue weighted by Gasteiger charge is 1.83. The van der Waals surface area contributed by atoms with Crippen molar-refractivity contribution in [2.45, 2.75) is 0 Å². The maximum absolute atomic E-state index is 11.2. The molecule has 0 heterocycles. The minimum absolute atomic E-state index is 0.343. The molecule has 0 aliphatic carbocycles. The van der Waals surface area contributed by atoms with Crippen molar-refractivity contribution in [3.8, 4) is 0 Å². The van der Waals surface area contributed by atoms with Crippen LogP contribution in [0.15, 0.2) is 0 Å². The number of hydrogen-bond acceptors (Lipinski definition) is 1. The van der Waals surface area contributed by atoms with E-state index < -0.39 is 0 Å². The molecule has 0 amide bonds. The number of halogens is 2. The molecule has 0 saturated carbocycles. The molecule has 0 aliphatic rings. The molecule has 7 heavy (non-hydrogen) atoms. The van der Waals surface area contributed by atoms with E-state index in [2.05, 4.69) is 0 Å². The summed E-state index contributed by atoms with van der Waals surface area (Å²) in [5.41, 5.74) is 0. The van der Waals surface area contributed by atoms with Crippen molar-refractivity contribution in [1.82, 2.24) is 0 Å². The summed E-state index contributed by atoms with van der Waals surface area (Å²) in [6, 6.07) is 0. The van der Waals surface area contributed by atoms with Crippen LogP contribution in [0, 0.1) is 0 Å². The van der Waals surface area contributed by atoms with Gasteiger partial charge in [-0.25, -0.2) is 0 Å². The van der Waals surface area contributed by atoms with Gasteiger partial charge in [0.25, 0.3) is 0 Å². The summed E-state index contributed by atoms with van der Waals surface area (Å²) in [7, 11) is 0. The first kappa shape index (κ1) is 7.21. The molecule has 0 rings (SSSR count). The lowest BCUT2D eigenvalue weighted by molar-refractivity contribution is 0.525. The fraction of sp³-hybridized carbons (Fsp3) is 1.00. The molecule has 0 nitrogen and oxygen atoms in total. The van der Waals surface area contributed by atoms with Crippen molar-refractivity contribution in [2.24, 2.45) is 0 Å². The van der Waals surface area contributed by atoms with Gasteiger partial charge in [-0.2, -0.15) is 11.8 Å². The lowest BCUT2D eigenvalue weighted by Crippen LogP contribution is -1.84. The second-order valence-electron chi connectivity index (χ2n) is 0.990. The Hall–Kier alpha value is 0.210. The molecule has 0 fully saturated rings. The minimum atomic E-state index is -0.343. The van der Waals surface area contributed by atoms with Gasteiger partial charge in [0.2, 0.25) is 0 Å². The fourth-order valence-corrected chi connectivity index (χ4v) is 0.634. The molecule has 44 valence electrons. The third-order valence-electron chi connectivity index (χ3n) is 0.443. The quantitative estimate of drug-likeness (QED) is 0.516. The Balaban J connectivity index is 2.45. The number of rotatable bonds is 4. The van der Waals surface area contributed by atoms with Crippen molar-refractivity contribution in [3.05, 3.63) is 0 Å². The van der Waals surface area contributed by atoms with Crippen LogP contribution >= 0.6 is 11.8 Å². The SMILES string of the molecule is FCCSCCF. The van der Waals surface area contributed by atoms with Gasteiger partial charge in [0.05, 0.1) is 13.3 Å². The minimum Gasteiger partial charge on any atom is -0.250 e. The maximum Gasteiger partial charge on any atom is 0.0984 e. The Morgan fingerprint density at radius 2 is 1.43 bits per heavy atom. The van der Waals surface area contributed by atoms with Crippen molar-refractivity contribution in [2.75, 3.05) is 24.9 Å². The van der Waals surface area contributed by atoms with E-state index in [1.54, 1.807) is 0 Å². The Labute approximate surface area is 46.3 Å². The third kappa shape index (κ3) is 6.21. The zero-order chi connectivity index (χ0) is 5.54. The maximum atomic E-state index is 11.2. The Bertz CT molecular complexity index is 28.9. The van der Waals surface area contributed by atoms with Crippen LogP contribution in [0.1, 0.15) is 0 Å². The molecule has 0 spiro atoms. The van der Waals surface area contributed by atoms with Gasteiger partial charge >= 0.3 is 0 Å². The smallest absolute Gasteiger partial charge is 0.0984 e. The van der Waals surface area contributed by atoms with Gasteiger partial charge in [-0.3, -0.25) is 8.78 Å². The van der Waals surface area contributed by atoms with Crippen LogP contribution in [0.4, 0.5) is 8.78 Å². The largest absolute Gasteiger partial charge is 0.250 e. The van der Waals surface area contributed by atoms with E-state index in [1.165, 1.54) is 11.8 Å².